The summed E-state index contributed by atoms with van der Waals surface area (Å²) in [6.07, 6.45) is 3.48. The number of rotatable bonds is 1. The lowest BCUT2D eigenvalue weighted by molar-refractivity contribution is -0.139. The van der Waals surface area contributed by atoms with Crippen LogP contribution in [0.1, 0.15) is 41.6 Å². The van der Waals surface area contributed by atoms with Gasteiger partial charge in [0.2, 0.25) is 5.91 Å². The van der Waals surface area contributed by atoms with Gasteiger partial charge in [0, 0.05) is 49.0 Å². The quantitative estimate of drug-likeness (QED) is 0.712. The molecule has 0 radical (unpaired) electrons. The number of hydrogen-bond acceptors (Lipinski definition) is 4. The zero-order valence-corrected chi connectivity index (χ0v) is 19.3. The van der Waals surface area contributed by atoms with Crippen molar-refractivity contribution in [3.8, 4) is 0 Å². The highest BCUT2D eigenvalue weighted by Crippen LogP contribution is 2.56. The molecule has 3 saturated heterocycles. The highest BCUT2D eigenvalue weighted by molar-refractivity contribution is 6.11. The van der Waals surface area contributed by atoms with Gasteiger partial charge in [0.05, 0.1) is 5.92 Å². The summed E-state index contributed by atoms with van der Waals surface area (Å²) in [5, 5.41) is 3.12. The molecule has 7 nitrogen and oxygen atoms in total. The fraction of sp³-hybridized carbons (Fsp3) is 0.444. The highest BCUT2D eigenvalue weighted by atomic mass is 16.2. The SMILES string of the molecule is O=C1NCCCN(C(=O)c2ccccc2)CCN2C(=O)[C@@]3(c4ccccc42)[C@@H]1C[C@@H]1CCCN13. The third-order valence-electron chi connectivity index (χ3n) is 8.14. The number of amides is 3. The summed E-state index contributed by atoms with van der Waals surface area (Å²) in [5.41, 5.74) is 1.53. The lowest BCUT2D eigenvalue weighted by Gasteiger charge is -2.38. The van der Waals surface area contributed by atoms with Crippen LogP contribution in [0, 0.1) is 5.92 Å². The second-order valence-electron chi connectivity index (χ2n) is 9.82. The van der Waals surface area contributed by atoms with Gasteiger partial charge < -0.3 is 15.1 Å². The van der Waals surface area contributed by atoms with Crippen LogP contribution in [-0.2, 0) is 15.1 Å². The molecule has 4 aliphatic heterocycles. The Morgan fingerprint density at radius 2 is 1.71 bits per heavy atom. The number of nitrogens with zero attached hydrogens (tertiary/aromatic N) is 3. The minimum absolute atomic E-state index is 0.00839. The van der Waals surface area contributed by atoms with Gasteiger partial charge in [-0.15, -0.1) is 0 Å². The molecule has 0 saturated carbocycles. The van der Waals surface area contributed by atoms with Crippen LogP contribution >= 0.6 is 0 Å². The first-order valence-electron chi connectivity index (χ1n) is 12.4. The molecular weight excluding hydrogens is 428 g/mol. The maximum Gasteiger partial charge on any atom is 0.253 e. The smallest absolute Gasteiger partial charge is 0.253 e. The Hall–Kier alpha value is -3.19. The Labute approximate surface area is 199 Å². The molecule has 4 aliphatic rings. The van der Waals surface area contributed by atoms with Crippen molar-refractivity contribution in [3.05, 3.63) is 65.7 Å². The topological polar surface area (TPSA) is 73.0 Å². The molecule has 0 aromatic heterocycles. The zero-order valence-electron chi connectivity index (χ0n) is 19.3. The van der Waals surface area contributed by atoms with E-state index >= 15 is 0 Å². The van der Waals surface area contributed by atoms with Crippen LogP contribution in [-0.4, -0.2) is 66.3 Å². The Kier molecular flexibility index (Phi) is 5.17. The predicted molar refractivity (Wildman–Crippen MR) is 128 cm³/mol. The van der Waals surface area contributed by atoms with E-state index in [1.54, 1.807) is 0 Å². The van der Waals surface area contributed by atoms with Gasteiger partial charge >= 0.3 is 0 Å². The molecule has 1 spiro atoms. The number of nitrogens with one attached hydrogen (secondary N) is 1. The Balaban J connectivity index is 1.40. The van der Waals surface area contributed by atoms with E-state index in [-0.39, 0.29) is 23.8 Å². The molecule has 2 bridgehead atoms. The van der Waals surface area contributed by atoms with Crippen LogP contribution in [0.4, 0.5) is 5.69 Å². The molecule has 0 unspecified atom stereocenters. The zero-order chi connectivity index (χ0) is 23.3. The lowest BCUT2D eigenvalue weighted by atomic mass is 9.78. The van der Waals surface area contributed by atoms with Crippen molar-refractivity contribution < 1.29 is 14.4 Å². The third kappa shape index (κ3) is 3.03. The fourth-order valence-corrected chi connectivity index (χ4v) is 6.69. The van der Waals surface area contributed by atoms with Crippen LogP contribution in [0.3, 0.4) is 0 Å². The van der Waals surface area contributed by atoms with Gasteiger partial charge in [-0.1, -0.05) is 36.4 Å². The van der Waals surface area contributed by atoms with E-state index < -0.39 is 11.5 Å². The van der Waals surface area contributed by atoms with E-state index in [0.29, 0.717) is 38.2 Å². The van der Waals surface area contributed by atoms with Crippen LogP contribution in [0.25, 0.3) is 0 Å². The number of carbonyl (C=O) groups is 3. The number of benzene rings is 2. The summed E-state index contributed by atoms with van der Waals surface area (Å²) >= 11 is 0. The Morgan fingerprint density at radius 1 is 0.912 bits per heavy atom. The van der Waals surface area contributed by atoms with Gasteiger partial charge in [-0.05, 0) is 50.4 Å². The van der Waals surface area contributed by atoms with Gasteiger partial charge in [0.25, 0.3) is 11.8 Å². The number of para-hydroxylation sites is 1. The summed E-state index contributed by atoms with van der Waals surface area (Å²) in [6.45, 7) is 2.73. The molecular formula is C27H30N4O3. The van der Waals surface area contributed by atoms with Crippen LogP contribution in [0.15, 0.2) is 54.6 Å². The monoisotopic (exact) mass is 458 g/mol. The third-order valence-corrected chi connectivity index (χ3v) is 8.14. The van der Waals surface area contributed by atoms with E-state index in [4.69, 9.17) is 0 Å². The molecule has 1 N–H and O–H groups in total. The Bertz CT molecular complexity index is 1140. The summed E-state index contributed by atoms with van der Waals surface area (Å²) in [7, 11) is 0. The van der Waals surface area contributed by atoms with Gasteiger partial charge in [-0.3, -0.25) is 19.3 Å². The second-order valence-corrected chi connectivity index (χ2v) is 9.82. The highest BCUT2D eigenvalue weighted by Gasteiger charge is 2.67. The average Bonchev–Trinajstić information content (AvgIpc) is 3.52. The summed E-state index contributed by atoms with van der Waals surface area (Å²) in [6, 6.07) is 17.5. The average molecular weight is 459 g/mol. The minimum Gasteiger partial charge on any atom is -0.356 e. The lowest BCUT2D eigenvalue weighted by Crippen LogP contribution is -2.57. The van der Waals surface area contributed by atoms with Crippen molar-refractivity contribution in [1.82, 2.24) is 15.1 Å². The largest absolute Gasteiger partial charge is 0.356 e. The number of hydrogen-bond donors (Lipinski definition) is 1. The molecule has 7 heteroatoms. The number of anilines is 1. The van der Waals surface area contributed by atoms with Crippen LogP contribution in [0.2, 0.25) is 0 Å². The first-order valence-corrected chi connectivity index (χ1v) is 12.4. The molecule has 2 aromatic rings. The summed E-state index contributed by atoms with van der Waals surface area (Å²) < 4.78 is 0. The standard InChI is InChI=1S/C27H30N4O3/c32-24-22-18-20-10-6-15-31(20)27(22)21-11-4-5-12-23(21)30(26(27)34)17-16-29(14-7-13-28-24)25(33)19-8-2-1-3-9-19/h1-5,8-9,11-12,20,22H,6-7,10,13-18H2,(H,28,32)/t20-,22+,27+/m0/s1. The molecule has 3 amide bonds. The van der Waals surface area contributed by atoms with Gasteiger partial charge in [-0.2, -0.15) is 0 Å². The van der Waals surface area contributed by atoms with E-state index in [1.807, 2.05) is 64.4 Å². The van der Waals surface area contributed by atoms with Crippen molar-refractivity contribution in [2.75, 3.05) is 37.6 Å². The van der Waals surface area contributed by atoms with Gasteiger partial charge in [0.1, 0.15) is 5.54 Å². The van der Waals surface area contributed by atoms with Crippen molar-refractivity contribution in [1.29, 1.82) is 0 Å². The fourth-order valence-electron chi connectivity index (χ4n) is 6.69. The van der Waals surface area contributed by atoms with Gasteiger partial charge in [-0.25, -0.2) is 0 Å². The van der Waals surface area contributed by atoms with Crippen molar-refractivity contribution in [2.45, 2.75) is 37.3 Å². The molecule has 3 fully saturated rings. The number of fused-ring (bicyclic) bond motifs is 4. The molecule has 2 aromatic carbocycles. The summed E-state index contributed by atoms with van der Waals surface area (Å²) in [4.78, 5) is 47.1. The Morgan fingerprint density at radius 3 is 2.56 bits per heavy atom. The maximum atomic E-state index is 14.3. The second kappa shape index (κ2) is 8.24. The predicted octanol–water partition coefficient (Wildman–Crippen LogP) is 2.38. The molecule has 176 valence electrons. The van der Waals surface area contributed by atoms with E-state index in [1.165, 1.54) is 0 Å². The van der Waals surface area contributed by atoms with Crippen LogP contribution in [0.5, 0.6) is 0 Å². The molecule has 34 heavy (non-hydrogen) atoms. The van der Waals surface area contributed by atoms with Crippen molar-refractivity contribution in [2.24, 2.45) is 5.92 Å². The van der Waals surface area contributed by atoms with E-state index in [0.717, 1.165) is 37.1 Å². The van der Waals surface area contributed by atoms with E-state index in [2.05, 4.69) is 10.2 Å². The van der Waals surface area contributed by atoms with E-state index in [9.17, 15) is 14.4 Å². The van der Waals surface area contributed by atoms with Crippen molar-refractivity contribution >= 4 is 23.4 Å². The first kappa shape index (κ1) is 21.4. The maximum absolute atomic E-state index is 14.3. The van der Waals surface area contributed by atoms with Crippen molar-refractivity contribution in [3.63, 3.8) is 0 Å². The van der Waals surface area contributed by atoms with Crippen LogP contribution < -0.4 is 10.2 Å². The normalized spacial score (nSPS) is 29.1. The minimum atomic E-state index is -0.935. The first-order chi connectivity index (χ1) is 16.6. The molecule has 0 aliphatic carbocycles. The summed E-state index contributed by atoms with van der Waals surface area (Å²) in [5.74, 6) is -0.484. The number of carbonyl (C=O) groups excluding carboxylic acids is 3. The van der Waals surface area contributed by atoms with Gasteiger partial charge in [0.15, 0.2) is 0 Å². The molecule has 3 atom stereocenters. The molecule has 6 rings (SSSR count). The molecule has 4 heterocycles.